The fourth-order valence-electron chi connectivity index (χ4n) is 3.25. The first kappa shape index (κ1) is 18.0. The van der Waals surface area contributed by atoms with Crippen molar-refractivity contribution in [2.45, 2.75) is 13.0 Å². The summed E-state index contributed by atoms with van der Waals surface area (Å²) in [6.07, 6.45) is 0.778. The van der Waals surface area contributed by atoms with E-state index in [1.54, 1.807) is 23.1 Å². The fraction of sp³-hybridized carbons (Fsp3) is 0.182. The number of nitrogens with zero attached hydrogens (tertiary/aromatic N) is 1. The number of hydrogen-bond donors (Lipinski definition) is 0. The van der Waals surface area contributed by atoms with Crippen molar-refractivity contribution in [3.05, 3.63) is 83.4 Å². The standard InChI is InChI=1S/C22H18FNO4/c23-18-8-4-3-7-17(18)19-9-10-20(28-19)22(26)27-14-21(25)24-12-11-15-5-1-2-6-16(15)13-24/h1-10H,11-14H2. The molecule has 0 spiro atoms. The van der Waals surface area contributed by atoms with Crippen molar-refractivity contribution in [1.82, 2.24) is 4.90 Å². The molecule has 0 unspecified atom stereocenters. The monoisotopic (exact) mass is 379 g/mol. The molecule has 0 radical (unpaired) electrons. The quantitative estimate of drug-likeness (QED) is 0.647. The van der Waals surface area contributed by atoms with E-state index < -0.39 is 11.8 Å². The topological polar surface area (TPSA) is 59.8 Å². The largest absolute Gasteiger partial charge is 0.450 e. The second-order valence-electron chi connectivity index (χ2n) is 6.55. The van der Waals surface area contributed by atoms with Crippen LogP contribution in [0, 0.1) is 5.82 Å². The minimum atomic E-state index is -0.756. The molecule has 0 atom stereocenters. The Balaban J connectivity index is 1.36. The van der Waals surface area contributed by atoms with Crippen molar-refractivity contribution in [3.63, 3.8) is 0 Å². The first-order valence-electron chi connectivity index (χ1n) is 8.98. The Labute approximate surface area is 161 Å². The first-order chi connectivity index (χ1) is 13.6. The summed E-state index contributed by atoms with van der Waals surface area (Å²) in [6, 6.07) is 17.0. The summed E-state index contributed by atoms with van der Waals surface area (Å²) in [5.74, 6) is -1.31. The summed E-state index contributed by atoms with van der Waals surface area (Å²) in [7, 11) is 0. The van der Waals surface area contributed by atoms with E-state index >= 15 is 0 Å². The Hall–Kier alpha value is -3.41. The summed E-state index contributed by atoms with van der Waals surface area (Å²) in [5, 5.41) is 0. The molecule has 6 heteroatoms. The zero-order valence-electron chi connectivity index (χ0n) is 15.1. The number of carbonyl (C=O) groups is 2. The molecule has 4 rings (SSSR count). The van der Waals surface area contributed by atoms with E-state index in [2.05, 4.69) is 6.07 Å². The second kappa shape index (κ2) is 7.68. The highest BCUT2D eigenvalue weighted by atomic mass is 19.1. The Morgan fingerprint density at radius 1 is 1.00 bits per heavy atom. The van der Waals surface area contributed by atoms with Gasteiger partial charge >= 0.3 is 5.97 Å². The Morgan fingerprint density at radius 3 is 2.57 bits per heavy atom. The highest BCUT2D eigenvalue weighted by molar-refractivity contribution is 5.89. The number of ether oxygens (including phenoxy) is 1. The molecule has 2 aromatic carbocycles. The van der Waals surface area contributed by atoms with Gasteiger partial charge in [0.1, 0.15) is 11.6 Å². The summed E-state index contributed by atoms with van der Waals surface area (Å²) in [5.41, 5.74) is 2.60. The van der Waals surface area contributed by atoms with Crippen molar-refractivity contribution in [2.75, 3.05) is 13.2 Å². The summed E-state index contributed by atoms with van der Waals surface area (Å²) >= 11 is 0. The summed E-state index contributed by atoms with van der Waals surface area (Å²) < 4.78 is 24.3. The summed E-state index contributed by atoms with van der Waals surface area (Å²) in [6.45, 7) is 0.729. The number of benzene rings is 2. The average Bonchev–Trinajstić information content (AvgIpc) is 3.22. The Morgan fingerprint density at radius 2 is 1.75 bits per heavy atom. The zero-order chi connectivity index (χ0) is 19.5. The number of furan rings is 1. The van der Waals surface area contributed by atoms with Gasteiger partial charge in [0.05, 0.1) is 5.56 Å². The zero-order valence-corrected chi connectivity index (χ0v) is 15.1. The molecule has 1 aromatic heterocycles. The SMILES string of the molecule is O=C(OCC(=O)N1CCc2ccccc2C1)c1ccc(-c2ccccc2F)o1. The van der Waals surface area contributed by atoms with Crippen LogP contribution < -0.4 is 0 Å². The van der Waals surface area contributed by atoms with Crippen molar-refractivity contribution < 1.29 is 23.1 Å². The molecule has 0 saturated heterocycles. The van der Waals surface area contributed by atoms with Crippen LogP contribution in [0.5, 0.6) is 0 Å². The smallest absolute Gasteiger partial charge is 0.374 e. The maximum Gasteiger partial charge on any atom is 0.374 e. The van der Waals surface area contributed by atoms with Crippen LogP contribution in [0.2, 0.25) is 0 Å². The van der Waals surface area contributed by atoms with Gasteiger partial charge in [-0.2, -0.15) is 0 Å². The number of rotatable bonds is 4. The third-order valence-corrected chi connectivity index (χ3v) is 4.76. The van der Waals surface area contributed by atoms with E-state index in [0.29, 0.717) is 13.1 Å². The van der Waals surface area contributed by atoms with Gasteiger partial charge < -0.3 is 14.1 Å². The van der Waals surface area contributed by atoms with Gasteiger partial charge in [0.2, 0.25) is 5.76 Å². The minimum Gasteiger partial charge on any atom is -0.450 e. The highest BCUT2D eigenvalue weighted by Gasteiger charge is 2.22. The van der Waals surface area contributed by atoms with E-state index in [1.165, 1.54) is 23.8 Å². The van der Waals surface area contributed by atoms with Crippen LogP contribution in [-0.2, 0) is 22.5 Å². The molecule has 1 amide bonds. The molecule has 1 aliphatic heterocycles. The maximum atomic E-state index is 13.8. The van der Waals surface area contributed by atoms with Gasteiger partial charge in [-0.25, -0.2) is 9.18 Å². The van der Waals surface area contributed by atoms with E-state index in [9.17, 15) is 14.0 Å². The van der Waals surface area contributed by atoms with E-state index in [1.807, 2.05) is 18.2 Å². The molecule has 3 aromatic rings. The van der Waals surface area contributed by atoms with Gasteiger partial charge in [-0.3, -0.25) is 4.79 Å². The normalized spacial score (nSPS) is 13.1. The minimum absolute atomic E-state index is 0.0740. The van der Waals surface area contributed by atoms with Crippen LogP contribution in [0.25, 0.3) is 11.3 Å². The number of amides is 1. The van der Waals surface area contributed by atoms with E-state index in [-0.39, 0.29) is 29.6 Å². The van der Waals surface area contributed by atoms with Crippen molar-refractivity contribution in [2.24, 2.45) is 0 Å². The lowest BCUT2D eigenvalue weighted by atomic mass is 10.00. The molecule has 28 heavy (non-hydrogen) atoms. The maximum absolute atomic E-state index is 13.8. The molecule has 5 nitrogen and oxygen atoms in total. The lowest BCUT2D eigenvalue weighted by Crippen LogP contribution is -2.38. The highest BCUT2D eigenvalue weighted by Crippen LogP contribution is 2.25. The molecular formula is C22H18FNO4. The van der Waals surface area contributed by atoms with Crippen LogP contribution in [0.15, 0.2) is 65.1 Å². The lowest BCUT2D eigenvalue weighted by molar-refractivity contribution is -0.135. The third-order valence-electron chi connectivity index (χ3n) is 4.76. The summed E-state index contributed by atoms with van der Waals surface area (Å²) in [4.78, 5) is 26.2. The fourth-order valence-corrected chi connectivity index (χ4v) is 3.25. The molecule has 1 aliphatic rings. The number of fused-ring (bicyclic) bond motifs is 1. The molecular weight excluding hydrogens is 361 g/mol. The predicted octanol–water partition coefficient (Wildman–Crippen LogP) is 3.83. The van der Waals surface area contributed by atoms with E-state index in [4.69, 9.17) is 9.15 Å². The van der Waals surface area contributed by atoms with Gasteiger partial charge in [-0.05, 0) is 41.8 Å². The van der Waals surface area contributed by atoms with Crippen LogP contribution in [0.3, 0.4) is 0 Å². The van der Waals surface area contributed by atoms with Crippen molar-refractivity contribution in [1.29, 1.82) is 0 Å². The first-order valence-corrected chi connectivity index (χ1v) is 8.98. The molecule has 0 bridgehead atoms. The van der Waals surface area contributed by atoms with Crippen molar-refractivity contribution >= 4 is 11.9 Å². The lowest BCUT2D eigenvalue weighted by Gasteiger charge is -2.28. The third kappa shape index (κ3) is 3.67. The Bertz CT molecular complexity index is 1030. The van der Waals surface area contributed by atoms with Gasteiger partial charge in [0.25, 0.3) is 5.91 Å². The molecule has 0 N–H and O–H groups in total. The van der Waals surface area contributed by atoms with Crippen LogP contribution in [0.1, 0.15) is 21.7 Å². The number of hydrogen-bond acceptors (Lipinski definition) is 4. The number of carbonyl (C=O) groups excluding carboxylic acids is 2. The molecule has 142 valence electrons. The van der Waals surface area contributed by atoms with Gasteiger partial charge in [0, 0.05) is 13.1 Å². The molecule has 0 aliphatic carbocycles. The molecule has 0 saturated carbocycles. The predicted molar refractivity (Wildman–Crippen MR) is 99.9 cm³/mol. The average molecular weight is 379 g/mol. The van der Waals surface area contributed by atoms with E-state index in [0.717, 1.165) is 12.0 Å². The number of esters is 1. The Kier molecular flexibility index (Phi) is 4.93. The van der Waals surface area contributed by atoms with Gasteiger partial charge in [-0.1, -0.05) is 36.4 Å². The van der Waals surface area contributed by atoms with Gasteiger partial charge in [-0.15, -0.1) is 0 Å². The number of halogens is 1. The van der Waals surface area contributed by atoms with Crippen LogP contribution in [-0.4, -0.2) is 29.9 Å². The molecule has 2 heterocycles. The van der Waals surface area contributed by atoms with Crippen molar-refractivity contribution in [3.8, 4) is 11.3 Å². The van der Waals surface area contributed by atoms with Gasteiger partial charge in [0.15, 0.2) is 6.61 Å². The second-order valence-corrected chi connectivity index (χ2v) is 6.55. The van der Waals surface area contributed by atoms with Crippen LogP contribution in [0.4, 0.5) is 4.39 Å². The van der Waals surface area contributed by atoms with Crippen LogP contribution >= 0.6 is 0 Å². The molecule has 0 fully saturated rings.